The van der Waals surface area contributed by atoms with Gasteiger partial charge in [-0.15, -0.1) is 10.2 Å². The Morgan fingerprint density at radius 3 is 2.73 bits per heavy atom. The molecule has 1 fully saturated rings. The van der Waals surface area contributed by atoms with Crippen LogP contribution in [0, 0.1) is 0 Å². The quantitative estimate of drug-likeness (QED) is 0.685. The van der Waals surface area contributed by atoms with Crippen LogP contribution >= 0.6 is 0 Å². The first-order chi connectivity index (χ1) is 14.7. The molecule has 0 saturated carbocycles. The summed E-state index contributed by atoms with van der Waals surface area (Å²) in [4.78, 5) is 14.6. The summed E-state index contributed by atoms with van der Waals surface area (Å²) in [6, 6.07) is 7.23. The smallest absolute Gasteiger partial charge is 0.250 e. The minimum Gasteiger partial charge on any atom is -0.486 e. The molecule has 0 spiro atoms. The van der Waals surface area contributed by atoms with Crippen LogP contribution in [0.15, 0.2) is 45.6 Å². The number of carbonyl (C=O) groups is 1. The average molecular weight is 410 g/mol. The van der Waals surface area contributed by atoms with Crippen molar-refractivity contribution in [3.63, 3.8) is 0 Å². The Hall–Kier alpha value is -3.33. The van der Waals surface area contributed by atoms with Gasteiger partial charge in [0.1, 0.15) is 19.5 Å². The van der Waals surface area contributed by atoms with E-state index in [0.717, 1.165) is 31.5 Å². The number of aromatic nitrogens is 2. The van der Waals surface area contributed by atoms with E-state index in [4.69, 9.17) is 18.3 Å². The molecule has 4 heterocycles. The molecule has 1 N–H and O–H groups in total. The van der Waals surface area contributed by atoms with Crippen LogP contribution in [0.1, 0.15) is 24.7 Å². The fraction of sp³-hybridized carbons (Fsp3) is 0.381. The maximum absolute atomic E-state index is 12.5. The van der Waals surface area contributed by atoms with Crippen molar-refractivity contribution in [2.45, 2.75) is 18.8 Å². The normalized spacial score (nSPS) is 17.1. The molecule has 1 aromatic carbocycles. The molecule has 9 heteroatoms. The van der Waals surface area contributed by atoms with Gasteiger partial charge in [0.25, 0.3) is 5.89 Å². The lowest BCUT2D eigenvalue weighted by Crippen LogP contribution is -2.38. The fourth-order valence-electron chi connectivity index (χ4n) is 3.77. The molecule has 2 aliphatic rings. The van der Waals surface area contributed by atoms with Gasteiger partial charge in [0.2, 0.25) is 11.8 Å². The number of furan rings is 1. The second-order valence-corrected chi connectivity index (χ2v) is 7.41. The Kier molecular flexibility index (Phi) is 5.10. The number of fused-ring (bicyclic) bond motifs is 1. The number of hydrogen-bond acceptors (Lipinski definition) is 8. The molecule has 0 aliphatic carbocycles. The third-order valence-electron chi connectivity index (χ3n) is 5.34. The van der Waals surface area contributed by atoms with Gasteiger partial charge < -0.3 is 23.6 Å². The maximum atomic E-state index is 12.5. The Bertz CT molecular complexity index is 1010. The summed E-state index contributed by atoms with van der Waals surface area (Å²) >= 11 is 0. The Morgan fingerprint density at radius 2 is 1.93 bits per heavy atom. The van der Waals surface area contributed by atoms with Gasteiger partial charge in [-0.25, -0.2) is 0 Å². The highest BCUT2D eigenvalue weighted by molar-refractivity contribution is 5.92. The fourth-order valence-corrected chi connectivity index (χ4v) is 3.77. The first kappa shape index (κ1) is 18.7. The van der Waals surface area contributed by atoms with E-state index in [0.29, 0.717) is 48.7 Å². The minimum atomic E-state index is -0.0508. The highest BCUT2D eigenvalue weighted by Gasteiger charge is 2.26. The summed E-state index contributed by atoms with van der Waals surface area (Å²) in [6.07, 6.45) is 4.89. The van der Waals surface area contributed by atoms with Crippen LogP contribution in [0.25, 0.3) is 11.5 Å². The summed E-state index contributed by atoms with van der Waals surface area (Å²) in [6.45, 7) is 2.99. The van der Waals surface area contributed by atoms with Crippen molar-refractivity contribution < 1.29 is 23.1 Å². The molecule has 156 valence electrons. The van der Waals surface area contributed by atoms with Crippen molar-refractivity contribution in [1.82, 2.24) is 15.1 Å². The predicted molar refractivity (Wildman–Crippen MR) is 106 cm³/mol. The van der Waals surface area contributed by atoms with Gasteiger partial charge in [0.15, 0.2) is 11.5 Å². The molecule has 1 saturated heterocycles. The van der Waals surface area contributed by atoms with Crippen LogP contribution in [0.4, 0.5) is 5.69 Å². The molecule has 30 heavy (non-hydrogen) atoms. The standard InChI is InChI=1S/C21H22N4O5/c26-19(22-16-1-2-17-18(11-16)29-10-9-28-17)12-25-6-3-14(4-7-25)20-23-24-21(30-20)15-5-8-27-13-15/h1-2,5,8,11,13-14H,3-4,6-7,9-10,12H2,(H,22,26). The third-order valence-corrected chi connectivity index (χ3v) is 5.34. The number of nitrogens with one attached hydrogen (secondary N) is 1. The van der Waals surface area contributed by atoms with Crippen LogP contribution in [-0.4, -0.2) is 53.9 Å². The molecule has 0 atom stereocenters. The number of hydrogen-bond donors (Lipinski definition) is 1. The highest BCUT2D eigenvalue weighted by Crippen LogP contribution is 2.33. The van der Waals surface area contributed by atoms with E-state index in [1.807, 2.05) is 12.1 Å². The topological polar surface area (TPSA) is 103 Å². The lowest BCUT2D eigenvalue weighted by Gasteiger charge is -2.29. The Balaban J connectivity index is 1.12. The molecular formula is C21H22N4O5. The van der Waals surface area contributed by atoms with E-state index >= 15 is 0 Å². The molecule has 3 aromatic rings. The van der Waals surface area contributed by atoms with Gasteiger partial charge >= 0.3 is 0 Å². The number of ether oxygens (including phenoxy) is 2. The minimum absolute atomic E-state index is 0.0508. The number of carbonyl (C=O) groups excluding carboxylic acids is 1. The summed E-state index contributed by atoms with van der Waals surface area (Å²) in [5.74, 6) is 2.64. The number of likely N-dealkylation sites (tertiary alicyclic amines) is 1. The van der Waals surface area contributed by atoms with Crippen molar-refractivity contribution in [1.29, 1.82) is 0 Å². The van der Waals surface area contributed by atoms with Crippen LogP contribution in [0.3, 0.4) is 0 Å². The second-order valence-electron chi connectivity index (χ2n) is 7.41. The van der Waals surface area contributed by atoms with Gasteiger partial charge in [0.05, 0.1) is 18.4 Å². The van der Waals surface area contributed by atoms with Crippen molar-refractivity contribution in [3.05, 3.63) is 42.7 Å². The summed E-state index contributed by atoms with van der Waals surface area (Å²) in [7, 11) is 0. The third kappa shape index (κ3) is 4.02. The molecule has 9 nitrogen and oxygen atoms in total. The first-order valence-electron chi connectivity index (χ1n) is 10.0. The van der Waals surface area contributed by atoms with Crippen molar-refractivity contribution in [2.75, 3.05) is 38.2 Å². The molecule has 2 aromatic heterocycles. The lowest BCUT2D eigenvalue weighted by atomic mass is 9.97. The van der Waals surface area contributed by atoms with E-state index < -0.39 is 0 Å². The van der Waals surface area contributed by atoms with Gasteiger partial charge in [-0.3, -0.25) is 9.69 Å². The van der Waals surface area contributed by atoms with E-state index in [1.54, 1.807) is 24.7 Å². The zero-order chi connectivity index (χ0) is 20.3. The Labute approximate surface area is 173 Å². The molecule has 2 aliphatic heterocycles. The number of benzene rings is 1. The molecule has 0 radical (unpaired) electrons. The summed E-state index contributed by atoms with van der Waals surface area (Å²) < 4.78 is 21.9. The largest absolute Gasteiger partial charge is 0.486 e. The van der Waals surface area contributed by atoms with Crippen LogP contribution in [0.5, 0.6) is 11.5 Å². The summed E-state index contributed by atoms with van der Waals surface area (Å²) in [5.41, 5.74) is 1.48. The number of rotatable bonds is 5. The van der Waals surface area contributed by atoms with Crippen LogP contribution in [0.2, 0.25) is 0 Å². The number of anilines is 1. The lowest BCUT2D eigenvalue weighted by molar-refractivity contribution is -0.117. The molecule has 5 rings (SSSR count). The van der Waals surface area contributed by atoms with Crippen molar-refractivity contribution in [3.8, 4) is 23.0 Å². The second kappa shape index (κ2) is 8.19. The van der Waals surface area contributed by atoms with Crippen molar-refractivity contribution >= 4 is 11.6 Å². The molecule has 0 unspecified atom stereocenters. The van der Waals surface area contributed by atoms with E-state index in [9.17, 15) is 4.79 Å². The number of nitrogens with zero attached hydrogens (tertiary/aromatic N) is 3. The Morgan fingerprint density at radius 1 is 1.10 bits per heavy atom. The van der Waals surface area contributed by atoms with Gasteiger partial charge in [0, 0.05) is 17.7 Å². The molecule has 0 bridgehead atoms. The highest BCUT2D eigenvalue weighted by atomic mass is 16.6. The van der Waals surface area contributed by atoms with Crippen LogP contribution < -0.4 is 14.8 Å². The zero-order valence-corrected chi connectivity index (χ0v) is 16.4. The van der Waals surface area contributed by atoms with Gasteiger partial charge in [-0.1, -0.05) is 0 Å². The first-order valence-corrected chi connectivity index (χ1v) is 10.0. The van der Waals surface area contributed by atoms with Crippen LogP contribution in [-0.2, 0) is 4.79 Å². The number of amides is 1. The molecular weight excluding hydrogens is 388 g/mol. The SMILES string of the molecule is O=C(CN1CCC(c2nnc(-c3ccoc3)o2)CC1)Nc1ccc2c(c1)OCCO2. The van der Waals surface area contributed by atoms with E-state index in [1.165, 1.54) is 0 Å². The van der Waals surface area contributed by atoms with E-state index in [-0.39, 0.29) is 11.8 Å². The van der Waals surface area contributed by atoms with Crippen molar-refractivity contribution in [2.24, 2.45) is 0 Å². The number of piperidine rings is 1. The van der Waals surface area contributed by atoms with E-state index in [2.05, 4.69) is 20.4 Å². The summed E-state index contributed by atoms with van der Waals surface area (Å²) in [5, 5.41) is 11.2. The monoisotopic (exact) mass is 410 g/mol. The maximum Gasteiger partial charge on any atom is 0.250 e. The van der Waals surface area contributed by atoms with Gasteiger partial charge in [-0.2, -0.15) is 0 Å². The predicted octanol–water partition coefficient (Wildman–Crippen LogP) is 2.92. The zero-order valence-electron chi connectivity index (χ0n) is 16.4. The van der Waals surface area contributed by atoms with Gasteiger partial charge in [-0.05, 0) is 44.1 Å². The molecule has 1 amide bonds. The average Bonchev–Trinajstić information content (AvgIpc) is 3.46.